The van der Waals surface area contributed by atoms with Crippen LogP contribution in [0.2, 0.25) is 0 Å². The molecular formula is C22H30N4O2. The highest BCUT2D eigenvalue weighted by Gasteiger charge is 2.30. The van der Waals surface area contributed by atoms with E-state index in [9.17, 15) is 9.59 Å². The van der Waals surface area contributed by atoms with E-state index in [0.29, 0.717) is 17.1 Å². The summed E-state index contributed by atoms with van der Waals surface area (Å²) in [5.74, 6) is -0.254. The molecule has 2 fully saturated rings. The molecule has 1 atom stereocenters. The topological polar surface area (TPSA) is 69.3 Å². The van der Waals surface area contributed by atoms with Gasteiger partial charge in [-0.25, -0.2) is 5.10 Å². The SMILES string of the molecule is CC(C(=O)N1CCC(N2CCCCCC2)CC1)c1n[nH]c(=O)c2ccccc12. The molecule has 1 aromatic carbocycles. The summed E-state index contributed by atoms with van der Waals surface area (Å²) in [6.07, 6.45) is 7.43. The monoisotopic (exact) mass is 382 g/mol. The maximum Gasteiger partial charge on any atom is 0.272 e. The van der Waals surface area contributed by atoms with E-state index in [1.54, 1.807) is 6.07 Å². The second kappa shape index (κ2) is 8.43. The molecule has 28 heavy (non-hydrogen) atoms. The molecule has 1 N–H and O–H groups in total. The quantitative estimate of drug-likeness (QED) is 0.886. The fraction of sp³-hybridized carbons (Fsp3) is 0.591. The van der Waals surface area contributed by atoms with Crippen LogP contribution < -0.4 is 5.56 Å². The van der Waals surface area contributed by atoms with E-state index in [2.05, 4.69) is 15.1 Å². The van der Waals surface area contributed by atoms with Crippen molar-refractivity contribution in [2.45, 2.75) is 57.4 Å². The number of carbonyl (C=O) groups is 1. The number of nitrogens with zero attached hydrogens (tertiary/aromatic N) is 3. The molecular weight excluding hydrogens is 352 g/mol. The van der Waals surface area contributed by atoms with Crippen LogP contribution in [0.25, 0.3) is 10.8 Å². The molecule has 2 aliphatic heterocycles. The van der Waals surface area contributed by atoms with E-state index in [4.69, 9.17) is 0 Å². The van der Waals surface area contributed by atoms with Gasteiger partial charge in [0.25, 0.3) is 5.56 Å². The summed E-state index contributed by atoms with van der Waals surface area (Å²) in [5, 5.41) is 8.14. The third-order valence-corrected chi connectivity index (χ3v) is 6.44. The standard InChI is InChI=1S/C22H30N4O2/c1-16(20-18-8-4-5-9-19(18)21(27)24-23-20)22(28)26-14-10-17(11-15-26)25-12-6-2-3-7-13-25/h4-5,8-9,16-17H,2-3,6-7,10-15H2,1H3,(H,24,27). The van der Waals surface area contributed by atoms with E-state index in [1.165, 1.54) is 38.8 Å². The van der Waals surface area contributed by atoms with Gasteiger partial charge in [0.2, 0.25) is 5.91 Å². The number of H-pyrrole nitrogens is 1. The average molecular weight is 383 g/mol. The van der Waals surface area contributed by atoms with Crippen molar-refractivity contribution < 1.29 is 4.79 Å². The fourth-order valence-electron chi connectivity index (χ4n) is 4.77. The number of aromatic amines is 1. The summed E-state index contributed by atoms with van der Waals surface area (Å²) < 4.78 is 0. The molecule has 1 unspecified atom stereocenters. The van der Waals surface area contributed by atoms with Crippen LogP contribution in [0.1, 0.15) is 57.1 Å². The van der Waals surface area contributed by atoms with Gasteiger partial charge in [-0.2, -0.15) is 5.10 Å². The molecule has 0 aliphatic carbocycles. The predicted molar refractivity (Wildman–Crippen MR) is 110 cm³/mol. The number of fused-ring (bicyclic) bond motifs is 1. The van der Waals surface area contributed by atoms with Crippen LogP contribution in [0, 0.1) is 0 Å². The van der Waals surface area contributed by atoms with Crippen LogP contribution in [0.4, 0.5) is 0 Å². The number of aromatic nitrogens is 2. The lowest BCUT2D eigenvalue weighted by molar-refractivity contribution is -0.134. The third kappa shape index (κ3) is 3.83. The van der Waals surface area contributed by atoms with Crippen LogP contribution in [0.3, 0.4) is 0 Å². The van der Waals surface area contributed by atoms with E-state index in [1.807, 2.05) is 30.0 Å². The summed E-state index contributed by atoms with van der Waals surface area (Å²) >= 11 is 0. The minimum atomic E-state index is -0.364. The first-order chi connectivity index (χ1) is 13.6. The minimum Gasteiger partial charge on any atom is -0.342 e. The first-order valence-electron chi connectivity index (χ1n) is 10.7. The lowest BCUT2D eigenvalue weighted by atomic mass is 9.97. The number of piperidine rings is 1. The molecule has 2 saturated heterocycles. The Labute approximate surface area is 165 Å². The van der Waals surface area contributed by atoms with Crippen molar-refractivity contribution in [2.75, 3.05) is 26.2 Å². The van der Waals surface area contributed by atoms with Crippen molar-refractivity contribution in [1.29, 1.82) is 0 Å². The molecule has 150 valence electrons. The molecule has 1 aromatic heterocycles. The predicted octanol–water partition coefficient (Wildman–Crippen LogP) is 2.89. The Kier molecular flexibility index (Phi) is 5.76. The van der Waals surface area contributed by atoms with Gasteiger partial charge in [-0.05, 0) is 51.8 Å². The number of likely N-dealkylation sites (tertiary alicyclic amines) is 2. The van der Waals surface area contributed by atoms with Crippen LogP contribution in [-0.2, 0) is 4.79 Å². The highest BCUT2D eigenvalue weighted by Crippen LogP contribution is 2.26. The molecule has 0 radical (unpaired) electrons. The minimum absolute atomic E-state index is 0.110. The van der Waals surface area contributed by atoms with Gasteiger partial charge >= 0.3 is 0 Å². The molecule has 6 heteroatoms. The van der Waals surface area contributed by atoms with Gasteiger partial charge in [0.05, 0.1) is 17.0 Å². The van der Waals surface area contributed by atoms with Gasteiger partial charge in [-0.15, -0.1) is 0 Å². The maximum absolute atomic E-state index is 13.1. The number of amides is 1. The lowest BCUT2D eigenvalue weighted by Crippen LogP contribution is -2.48. The zero-order valence-electron chi connectivity index (χ0n) is 16.7. The summed E-state index contributed by atoms with van der Waals surface area (Å²) in [5.41, 5.74) is 0.451. The summed E-state index contributed by atoms with van der Waals surface area (Å²) in [6, 6.07) is 7.99. The second-order valence-electron chi connectivity index (χ2n) is 8.21. The highest BCUT2D eigenvalue weighted by atomic mass is 16.2. The Hall–Kier alpha value is -2.21. The molecule has 0 spiro atoms. The second-order valence-corrected chi connectivity index (χ2v) is 8.21. The van der Waals surface area contributed by atoms with Crippen molar-refractivity contribution in [3.63, 3.8) is 0 Å². The number of benzene rings is 1. The third-order valence-electron chi connectivity index (χ3n) is 6.44. The van der Waals surface area contributed by atoms with Gasteiger partial charge < -0.3 is 9.80 Å². The molecule has 4 rings (SSSR count). The Morgan fingerprint density at radius 2 is 1.68 bits per heavy atom. The van der Waals surface area contributed by atoms with Gasteiger partial charge in [0, 0.05) is 24.5 Å². The lowest BCUT2D eigenvalue weighted by Gasteiger charge is -2.39. The molecule has 3 heterocycles. The van der Waals surface area contributed by atoms with Crippen molar-refractivity contribution in [2.24, 2.45) is 0 Å². The zero-order chi connectivity index (χ0) is 19.5. The fourth-order valence-corrected chi connectivity index (χ4v) is 4.77. The van der Waals surface area contributed by atoms with E-state index < -0.39 is 0 Å². The average Bonchev–Trinajstić information content (AvgIpc) is 3.03. The Balaban J connectivity index is 1.44. The van der Waals surface area contributed by atoms with E-state index in [-0.39, 0.29) is 17.4 Å². The number of hydrogen-bond acceptors (Lipinski definition) is 4. The van der Waals surface area contributed by atoms with E-state index >= 15 is 0 Å². The first-order valence-corrected chi connectivity index (χ1v) is 10.7. The van der Waals surface area contributed by atoms with Crippen LogP contribution in [0.15, 0.2) is 29.1 Å². The van der Waals surface area contributed by atoms with E-state index in [0.717, 1.165) is 31.3 Å². The van der Waals surface area contributed by atoms with Crippen molar-refractivity contribution in [3.05, 3.63) is 40.3 Å². The van der Waals surface area contributed by atoms with Crippen molar-refractivity contribution >= 4 is 16.7 Å². The first kappa shape index (κ1) is 19.1. The molecule has 1 amide bonds. The number of nitrogens with one attached hydrogen (secondary N) is 1. The summed E-state index contributed by atoms with van der Waals surface area (Å²) in [6.45, 7) is 5.94. The normalized spacial score (nSPS) is 20.8. The van der Waals surface area contributed by atoms with Crippen LogP contribution in [-0.4, -0.2) is 58.1 Å². The Bertz CT molecular complexity index is 877. The molecule has 2 aliphatic rings. The van der Waals surface area contributed by atoms with Gasteiger partial charge in [0.1, 0.15) is 0 Å². The molecule has 6 nitrogen and oxygen atoms in total. The molecule has 0 saturated carbocycles. The van der Waals surface area contributed by atoms with Gasteiger partial charge in [-0.1, -0.05) is 31.0 Å². The Morgan fingerprint density at radius 3 is 2.36 bits per heavy atom. The highest BCUT2D eigenvalue weighted by molar-refractivity contribution is 5.91. The van der Waals surface area contributed by atoms with Gasteiger partial charge in [0.15, 0.2) is 0 Å². The van der Waals surface area contributed by atoms with Crippen molar-refractivity contribution in [3.8, 4) is 0 Å². The van der Waals surface area contributed by atoms with Gasteiger partial charge in [-0.3, -0.25) is 9.59 Å². The molecule has 2 aromatic rings. The summed E-state index contributed by atoms with van der Waals surface area (Å²) in [4.78, 5) is 29.8. The largest absolute Gasteiger partial charge is 0.342 e. The van der Waals surface area contributed by atoms with Crippen LogP contribution >= 0.6 is 0 Å². The summed E-state index contributed by atoms with van der Waals surface area (Å²) in [7, 11) is 0. The number of hydrogen-bond donors (Lipinski definition) is 1. The zero-order valence-corrected chi connectivity index (χ0v) is 16.7. The van der Waals surface area contributed by atoms with Crippen molar-refractivity contribution in [1.82, 2.24) is 20.0 Å². The number of carbonyl (C=O) groups excluding carboxylic acids is 1. The number of rotatable bonds is 3. The molecule has 0 bridgehead atoms. The smallest absolute Gasteiger partial charge is 0.272 e. The Morgan fingerprint density at radius 1 is 1.04 bits per heavy atom. The maximum atomic E-state index is 13.1. The van der Waals surface area contributed by atoms with Crippen LogP contribution in [0.5, 0.6) is 0 Å².